The number of hydrogen-bond donors (Lipinski definition) is 0. The number of amides is 1. The van der Waals surface area contributed by atoms with Gasteiger partial charge in [-0.2, -0.15) is 8.42 Å². The van der Waals surface area contributed by atoms with Crippen LogP contribution >= 0.6 is 0 Å². The molecule has 1 aliphatic heterocycles. The maximum Gasteiger partial charge on any atom is 0.410 e. The van der Waals surface area contributed by atoms with Crippen molar-refractivity contribution >= 4 is 22.2 Å². The van der Waals surface area contributed by atoms with Crippen LogP contribution in [0, 0.1) is 0 Å². The van der Waals surface area contributed by atoms with E-state index in [0.717, 1.165) is 18.2 Å². The largest absolute Gasteiger partial charge is 0.460 e. The van der Waals surface area contributed by atoms with Gasteiger partial charge in [0.15, 0.2) is 6.10 Å². The van der Waals surface area contributed by atoms with Crippen LogP contribution < -0.4 is 0 Å². The van der Waals surface area contributed by atoms with E-state index in [-0.39, 0.29) is 19.1 Å². The third-order valence-electron chi connectivity index (χ3n) is 4.56. The Morgan fingerprint density at radius 1 is 1.17 bits per heavy atom. The van der Waals surface area contributed by atoms with Crippen LogP contribution in [0.5, 0.6) is 0 Å². The molecule has 1 saturated heterocycles. The predicted octanol–water partition coefficient (Wildman–Crippen LogP) is 2.87. The lowest BCUT2D eigenvalue weighted by atomic mass is 10.1. The summed E-state index contributed by atoms with van der Waals surface area (Å²) < 4.78 is 38.4. The van der Waals surface area contributed by atoms with Gasteiger partial charge < -0.3 is 14.4 Å². The van der Waals surface area contributed by atoms with Crippen molar-refractivity contribution in [3.8, 4) is 0 Å². The molecule has 1 amide bonds. The van der Waals surface area contributed by atoms with Crippen LogP contribution in [0.15, 0.2) is 30.3 Å². The zero-order valence-electron chi connectivity index (χ0n) is 16.9. The summed E-state index contributed by atoms with van der Waals surface area (Å²) >= 11 is 0. The number of carbonyl (C=O) groups excluding carboxylic acids is 2. The molecule has 1 aromatic carbocycles. The fraction of sp³-hybridized carbons (Fsp3) is 0.600. The van der Waals surface area contributed by atoms with E-state index in [1.807, 2.05) is 37.3 Å². The topological polar surface area (TPSA) is 99.2 Å². The van der Waals surface area contributed by atoms with Crippen molar-refractivity contribution in [2.45, 2.75) is 57.8 Å². The molecule has 1 unspecified atom stereocenters. The van der Waals surface area contributed by atoms with Crippen LogP contribution in [0.25, 0.3) is 0 Å². The zero-order chi connectivity index (χ0) is 21.3. The Morgan fingerprint density at radius 2 is 1.83 bits per heavy atom. The second kappa shape index (κ2) is 11.2. The van der Waals surface area contributed by atoms with Crippen molar-refractivity contribution in [2.75, 3.05) is 19.3 Å². The van der Waals surface area contributed by atoms with Gasteiger partial charge in [-0.1, -0.05) is 50.1 Å². The summed E-state index contributed by atoms with van der Waals surface area (Å²) in [6.45, 7) is 2.95. The third kappa shape index (κ3) is 8.41. The van der Waals surface area contributed by atoms with E-state index in [1.165, 1.54) is 0 Å². The van der Waals surface area contributed by atoms with E-state index in [1.54, 1.807) is 4.90 Å². The Bertz CT molecular complexity index is 758. The molecule has 1 aromatic rings. The number of likely N-dealkylation sites (tertiary alicyclic amines) is 1. The standard InChI is InChI=1S/C20H29NO7S/c1-3-4-10-18(28-29(2,24)25)19(22)27-17-11-13-21(14-12-17)20(23)26-15-16-8-6-5-7-9-16/h5-9,17-18H,3-4,10-15H2,1-2H3. The molecule has 29 heavy (non-hydrogen) atoms. The van der Waals surface area contributed by atoms with E-state index in [4.69, 9.17) is 13.7 Å². The summed E-state index contributed by atoms with van der Waals surface area (Å²) in [6, 6.07) is 9.42. The normalized spacial score (nSPS) is 16.3. The van der Waals surface area contributed by atoms with Crippen molar-refractivity contribution in [1.82, 2.24) is 4.90 Å². The molecule has 9 heteroatoms. The van der Waals surface area contributed by atoms with Crippen LogP contribution in [-0.4, -0.2) is 56.9 Å². The highest BCUT2D eigenvalue weighted by Crippen LogP contribution is 2.18. The first-order chi connectivity index (χ1) is 13.8. The SMILES string of the molecule is CCCCC(OS(C)(=O)=O)C(=O)OC1CCN(C(=O)OCc2ccccc2)CC1. The molecular weight excluding hydrogens is 398 g/mol. The van der Waals surface area contributed by atoms with Crippen LogP contribution in [-0.2, 0) is 35.2 Å². The number of carbonyl (C=O) groups is 2. The summed E-state index contributed by atoms with van der Waals surface area (Å²) in [4.78, 5) is 26.1. The van der Waals surface area contributed by atoms with Gasteiger partial charge >= 0.3 is 12.1 Å². The highest BCUT2D eigenvalue weighted by molar-refractivity contribution is 7.86. The molecule has 8 nitrogen and oxygen atoms in total. The average Bonchev–Trinajstić information content (AvgIpc) is 2.69. The molecule has 0 aromatic heterocycles. The Balaban J connectivity index is 1.78. The van der Waals surface area contributed by atoms with E-state index in [2.05, 4.69) is 0 Å². The van der Waals surface area contributed by atoms with Gasteiger partial charge in [0.2, 0.25) is 0 Å². The highest BCUT2D eigenvalue weighted by atomic mass is 32.2. The second-order valence-electron chi connectivity index (χ2n) is 7.09. The molecule has 0 saturated carbocycles. The number of benzene rings is 1. The summed E-state index contributed by atoms with van der Waals surface area (Å²) in [5.74, 6) is -0.672. The number of nitrogens with zero attached hydrogens (tertiary/aromatic N) is 1. The molecule has 0 radical (unpaired) electrons. The minimum absolute atomic E-state index is 0.205. The van der Waals surface area contributed by atoms with Gasteiger partial charge in [0.25, 0.3) is 10.1 Å². The van der Waals surface area contributed by atoms with Crippen molar-refractivity contribution in [3.63, 3.8) is 0 Å². The third-order valence-corrected chi connectivity index (χ3v) is 5.14. The van der Waals surface area contributed by atoms with Crippen molar-refractivity contribution in [2.24, 2.45) is 0 Å². The summed E-state index contributed by atoms with van der Waals surface area (Å²) in [7, 11) is -3.76. The molecule has 0 bridgehead atoms. The van der Waals surface area contributed by atoms with Crippen molar-refractivity contribution < 1.29 is 31.7 Å². The summed E-state index contributed by atoms with van der Waals surface area (Å²) in [5.41, 5.74) is 0.911. The van der Waals surface area contributed by atoms with Gasteiger partial charge in [-0.25, -0.2) is 9.59 Å². The lowest BCUT2D eigenvalue weighted by Crippen LogP contribution is -2.42. The van der Waals surface area contributed by atoms with Crippen molar-refractivity contribution in [3.05, 3.63) is 35.9 Å². The number of esters is 1. The number of piperidine rings is 1. The fourth-order valence-electron chi connectivity index (χ4n) is 3.01. The molecule has 0 N–H and O–H groups in total. The second-order valence-corrected chi connectivity index (χ2v) is 8.70. The minimum atomic E-state index is -3.76. The Morgan fingerprint density at radius 3 is 2.41 bits per heavy atom. The maximum atomic E-state index is 12.4. The Kier molecular flexibility index (Phi) is 8.91. The lowest BCUT2D eigenvalue weighted by molar-refractivity contribution is -0.159. The van der Waals surface area contributed by atoms with Crippen LogP contribution in [0.2, 0.25) is 0 Å². The van der Waals surface area contributed by atoms with Gasteiger partial charge in [-0.15, -0.1) is 0 Å². The molecule has 1 fully saturated rings. The minimum Gasteiger partial charge on any atom is -0.460 e. The summed E-state index contributed by atoms with van der Waals surface area (Å²) in [5, 5.41) is 0. The lowest BCUT2D eigenvalue weighted by Gasteiger charge is -2.31. The Labute approximate surface area is 172 Å². The molecule has 2 rings (SSSR count). The molecule has 0 aliphatic carbocycles. The van der Waals surface area contributed by atoms with Gasteiger partial charge in [-0.3, -0.25) is 4.18 Å². The monoisotopic (exact) mass is 427 g/mol. The van der Waals surface area contributed by atoms with E-state index >= 15 is 0 Å². The smallest absolute Gasteiger partial charge is 0.410 e. The number of hydrogen-bond acceptors (Lipinski definition) is 7. The van der Waals surface area contributed by atoms with Gasteiger partial charge in [0, 0.05) is 25.9 Å². The highest BCUT2D eigenvalue weighted by Gasteiger charge is 2.30. The molecular formula is C20H29NO7S. The number of ether oxygens (including phenoxy) is 2. The first-order valence-electron chi connectivity index (χ1n) is 9.83. The Hall–Kier alpha value is -2.13. The molecule has 0 spiro atoms. The zero-order valence-corrected chi connectivity index (χ0v) is 17.7. The average molecular weight is 428 g/mol. The summed E-state index contributed by atoms with van der Waals surface area (Å²) in [6.07, 6.45) is 1.68. The van der Waals surface area contributed by atoms with E-state index in [9.17, 15) is 18.0 Å². The number of rotatable bonds is 9. The van der Waals surface area contributed by atoms with Crippen LogP contribution in [0.3, 0.4) is 0 Å². The predicted molar refractivity (Wildman–Crippen MR) is 107 cm³/mol. The van der Waals surface area contributed by atoms with Crippen molar-refractivity contribution in [1.29, 1.82) is 0 Å². The molecule has 1 heterocycles. The van der Waals surface area contributed by atoms with E-state index < -0.39 is 28.3 Å². The first-order valence-corrected chi connectivity index (χ1v) is 11.6. The maximum absolute atomic E-state index is 12.4. The molecule has 162 valence electrons. The van der Waals surface area contributed by atoms with E-state index in [0.29, 0.717) is 32.4 Å². The number of unbranched alkanes of at least 4 members (excludes halogenated alkanes) is 1. The van der Waals surface area contributed by atoms with Crippen LogP contribution in [0.4, 0.5) is 4.79 Å². The van der Waals surface area contributed by atoms with Gasteiger partial charge in [0.05, 0.1) is 6.26 Å². The van der Waals surface area contributed by atoms with Crippen LogP contribution in [0.1, 0.15) is 44.6 Å². The van der Waals surface area contributed by atoms with Gasteiger partial charge in [-0.05, 0) is 12.0 Å². The molecule has 1 aliphatic rings. The fourth-order valence-corrected chi connectivity index (χ4v) is 3.61. The quantitative estimate of drug-likeness (QED) is 0.441. The first kappa shape index (κ1) is 23.2. The van der Waals surface area contributed by atoms with Gasteiger partial charge in [0.1, 0.15) is 12.7 Å². The molecule has 1 atom stereocenters.